The number of rotatable bonds is 2. The highest BCUT2D eigenvalue weighted by Gasteiger charge is 2.28. The average molecular weight is 223 g/mol. The van der Waals surface area contributed by atoms with Crippen LogP contribution < -0.4 is 0 Å². The Morgan fingerprint density at radius 3 is 2.94 bits per heavy atom. The highest BCUT2D eigenvalue weighted by atomic mass is 16.4. The molecule has 0 unspecified atom stereocenters. The molecule has 2 heterocycles. The number of hydrogen-bond acceptors (Lipinski definition) is 3. The lowest BCUT2D eigenvalue weighted by atomic mass is 9.98. The van der Waals surface area contributed by atoms with Crippen molar-refractivity contribution in [3.05, 3.63) is 24.2 Å². The Morgan fingerprint density at radius 1 is 1.50 bits per heavy atom. The van der Waals surface area contributed by atoms with E-state index in [1.807, 2.05) is 0 Å². The molecule has 5 heteroatoms. The summed E-state index contributed by atoms with van der Waals surface area (Å²) < 4.78 is 4.84. The average Bonchev–Trinajstić information content (AvgIpc) is 2.81. The molecule has 1 amide bonds. The molecule has 0 bridgehead atoms. The van der Waals surface area contributed by atoms with Gasteiger partial charge in [-0.1, -0.05) is 0 Å². The van der Waals surface area contributed by atoms with Gasteiger partial charge in [0.15, 0.2) is 0 Å². The lowest BCUT2D eigenvalue weighted by Gasteiger charge is -2.30. The number of likely N-dealkylation sites (tertiary alicyclic amines) is 1. The van der Waals surface area contributed by atoms with E-state index in [4.69, 9.17) is 9.52 Å². The predicted molar refractivity (Wildman–Crippen MR) is 55.0 cm³/mol. The summed E-state index contributed by atoms with van der Waals surface area (Å²) >= 11 is 0. The summed E-state index contributed by atoms with van der Waals surface area (Å²) in [5.74, 6) is -1.42. The van der Waals surface area contributed by atoms with Crippen LogP contribution in [0.2, 0.25) is 0 Å². The van der Waals surface area contributed by atoms with Gasteiger partial charge in [-0.15, -0.1) is 0 Å². The van der Waals surface area contributed by atoms with Crippen LogP contribution in [-0.4, -0.2) is 35.0 Å². The number of furan rings is 1. The van der Waals surface area contributed by atoms with Crippen molar-refractivity contribution in [2.75, 3.05) is 13.1 Å². The van der Waals surface area contributed by atoms with Crippen LogP contribution in [0.1, 0.15) is 23.2 Å². The zero-order chi connectivity index (χ0) is 11.5. The van der Waals surface area contributed by atoms with E-state index in [1.54, 1.807) is 11.0 Å². The topological polar surface area (TPSA) is 70.8 Å². The highest BCUT2D eigenvalue weighted by Crippen LogP contribution is 2.18. The first-order valence-corrected chi connectivity index (χ1v) is 5.23. The molecule has 2 rings (SSSR count). The lowest BCUT2D eigenvalue weighted by molar-refractivity contribution is -0.143. The first kappa shape index (κ1) is 10.7. The maximum absolute atomic E-state index is 11.9. The van der Waals surface area contributed by atoms with Crippen molar-refractivity contribution in [2.24, 2.45) is 5.92 Å². The molecule has 1 aromatic heterocycles. The fraction of sp³-hybridized carbons (Fsp3) is 0.455. The summed E-state index contributed by atoms with van der Waals surface area (Å²) in [5, 5.41) is 8.91. The fourth-order valence-electron chi connectivity index (χ4n) is 1.93. The van der Waals surface area contributed by atoms with Crippen LogP contribution in [0, 0.1) is 5.92 Å². The second-order valence-corrected chi connectivity index (χ2v) is 3.94. The van der Waals surface area contributed by atoms with Crippen molar-refractivity contribution in [3.63, 3.8) is 0 Å². The SMILES string of the molecule is O=C(O)[C@H]1CCCN(C(=O)c2ccoc2)C1. The molecule has 1 atom stereocenters. The zero-order valence-corrected chi connectivity index (χ0v) is 8.76. The zero-order valence-electron chi connectivity index (χ0n) is 8.76. The third-order valence-electron chi connectivity index (χ3n) is 2.83. The summed E-state index contributed by atoms with van der Waals surface area (Å²) in [6, 6.07) is 1.59. The Kier molecular flexibility index (Phi) is 2.94. The van der Waals surface area contributed by atoms with Crippen molar-refractivity contribution in [1.29, 1.82) is 0 Å². The number of nitrogens with zero attached hydrogens (tertiary/aromatic N) is 1. The molecular formula is C11H13NO4. The van der Waals surface area contributed by atoms with Crippen LogP contribution in [0.25, 0.3) is 0 Å². The van der Waals surface area contributed by atoms with E-state index < -0.39 is 11.9 Å². The molecule has 1 aromatic rings. The maximum Gasteiger partial charge on any atom is 0.308 e. The van der Waals surface area contributed by atoms with Gasteiger partial charge in [-0.3, -0.25) is 9.59 Å². The number of aliphatic carboxylic acids is 1. The summed E-state index contributed by atoms with van der Waals surface area (Å²) in [4.78, 5) is 24.3. The van der Waals surface area contributed by atoms with Crippen LogP contribution in [0.5, 0.6) is 0 Å². The number of amides is 1. The van der Waals surface area contributed by atoms with Gasteiger partial charge in [0.25, 0.3) is 5.91 Å². The number of carbonyl (C=O) groups excluding carboxylic acids is 1. The molecule has 5 nitrogen and oxygen atoms in total. The first-order chi connectivity index (χ1) is 7.68. The number of piperidine rings is 1. The summed E-state index contributed by atoms with van der Waals surface area (Å²) in [6.07, 6.45) is 4.20. The fourth-order valence-corrected chi connectivity index (χ4v) is 1.93. The minimum absolute atomic E-state index is 0.153. The highest BCUT2D eigenvalue weighted by molar-refractivity contribution is 5.94. The maximum atomic E-state index is 11.9. The van der Waals surface area contributed by atoms with Crippen LogP contribution in [0.4, 0.5) is 0 Å². The molecule has 0 aliphatic carbocycles. The van der Waals surface area contributed by atoms with Gasteiger partial charge in [-0.05, 0) is 18.9 Å². The van der Waals surface area contributed by atoms with Gasteiger partial charge < -0.3 is 14.4 Å². The van der Waals surface area contributed by atoms with Crippen LogP contribution in [0.15, 0.2) is 23.0 Å². The van der Waals surface area contributed by atoms with E-state index in [0.29, 0.717) is 25.1 Å². The van der Waals surface area contributed by atoms with Crippen LogP contribution in [-0.2, 0) is 4.79 Å². The van der Waals surface area contributed by atoms with Crippen LogP contribution >= 0.6 is 0 Å². The Morgan fingerprint density at radius 2 is 2.31 bits per heavy atom. The van der Waals surface area contributed by atoms with Gasteiger partial charge in [0.1, 0.15) is 6.26 Å². The minimum Gasteiger partial charge on any atom is -0.481 e. The third-order valence-corrected chi connectivity index (χ3v) is 2.83. The second-order valence-electron chi connectivity index (χ2n) is 3.94. The van der Waals surface area contributed by atoms with Gasteiger partial charge in [-0.2, -0.15) is 0 Å². The van der Waals surface area contributed by atoms with Crippen molar-refractivity contribution in [1.82, 2.24) is 4.90 Å². The summed E-state index contributed by atoms with van der Waals surface area (Å²) in [6.45, 7) is 0.910. The van der Waals surface area contributed by atoms with E-state index in [2.05, 4.69) is 0 Å². The quantitative estimate of drug-likeness (QED) is 0.818. The van der Waals surface area contributed by atoms with E-state index >= 15 is 0 Å². The lowest BCUT2D eigenvalue weighted by Crippen LogP contribution is -2.42. The van der Waals surface area contributed by atoms with Gasteiger partial charge in [0.2, 0.25) is 0 Å². The van der Waals surface area contributed by atoms with Gasteiger partial charge in [0.05, 0.1) is 17.7 Å². The van der Waals surface area contributed by atoms with Crippen molar-refractivity contribution in [2.45, 2.75) is 12.8 Å². The molecule has 1 N–H and O–H groups in total. The molecule has 0 saturated carbocycles. The smallest absolute Gasteiger partial charge is 0.308 e. The van der Waals surface area contributed by atoms with Crippen molar-refractivity contribution in [3.8, 4) is 0 Å². The number of hydrogen-bond donors (Lipinski definition) is 1. The van der Waals surface area contributed by atoms with Gasteiger partial charge >= 0.3 is 5.97 Å². The minimum atomic E-state index is -0.829. The van der Waals surface area contributed by atoms with E-state index in [-0.39, 0.29) is 5.91 Å². The molecule has 16 heavy (non-hydrogen) atoms. The van der Waals surface area contributed by atoms with Crippen molar-refractivity contribution >= 4 is 11.9 Å². The Bertz CT molecular complexity index is 385. The molecule has 1 aliphatic heterocycles. The van der Waals surface area contributed by atoms with Gasteiger partial charge in [0, 0.05) is 13.1 Å². The normalized spacial score (nSPS) is 20.8. The first-order valence-electron chi connectivity index (χ1n) is 5.23. The monoisotopic (exact) mass is 223 g/mol. The van der Waals surface area contributed by atoms with Crippen LogP contribution in [0.3, 0.4) is 0 Å². The Hall–Kier alpha value is -1.78. The van der Waals surface area contributed by atoms with E-state index in [0.717, 1.165) is 6.42 Å². The molecule has 86 valence electrons. The van der Waals surface area contributed by atoms with Crippen molar-refractivity contribution < 1.29 is 19.1 Å². The number of carbonyl (C=O) groups is 2. The largest absolute Gasteiger partial charge is 0.481 e. The molecule has 0 spiro atoms. The second kappa shape index (κ2) is 4.38. The summed E-state index contributed by atoms with van der Waals surface area (Å²) in [7, 11) is 0. The molecule has 1 fully saturated rings. The number of carboxylic acids is 1. The standard InChI is InChI=1S/C11H13NO4/c13-10(9-3-5-16-7-9)12-4-1-2-8(6-12)11(14)15/h3,5,7-8H,1-2,4,6H2,(H,14,15)/t8-/m0/s1. The Balaban J connectivity index is 2.05. The molecule has 1 aliphatic rings. The molecule has 0 radical (unpaired) electrons. The summed E-state index contributed by atoms with van der Waals surface area (Å²) in [5.41, 5.74) is 0.478. The molecule has 0 aromatic carbocycles. The predicted octanol–water partition coefficient (Wildman–Crippen LogP) is 1.22. The number of carboxylic acid groups (broad SMARTS) is 1. The third kappa shape index (κ3) is 2.08. The molecule has 1 saturated heterocycles. The van der Waals surface area contributed by atoms with E-state index in [9.17, 15) is 9.59 Å². The molecular weight excluding hydrogens is 210 g/mol. The van der Waals surface area contributed by atoms with Gasteiger partial charge in [-0.25, -0.2) is 0 Å². The van der Waals surface area contributed by atoms with E-state index in [1.165, 1.54) is 12.5 Å². The Labute approximate surface area is 92.7 Å².